The average Bonchev–Trinajstić information content (AvgIpc) is 2.93. The second kappa shape index (κ2) is 6.85. The molecule has 0 bridgehead atoms. The number of nitrogens with one attached hydrogen (secondary N) is 1. The summed E-state index contributed by atoms with van der Waals surface area (Å²) < 4.78 is 57.5. The fraction of sp³-hybridized carbons (Fsp3) is 0.286. The molecule has 1 aromatic carbocycles. The molecular weight excluding hydrogens is 398 g/mol. The summed E-state index contributed by atoms with van der Waals surface area (Å²) in [6.45, 7) is 4.45. The van der Waals surface area contributed by atoms with E-state index in [-0.39, 0.29) is 5.82 Å². The van der Waals surface area contributed by atoms with Crippen molar-refractivity contribution in [1.29, 1.82) is 0 Å². The minimum atomic E-state index is -4.88. The molecule has 0 atom stereocenters. The summed E-state index contributed by atoms with van der Waals surface area (Å²) in [6, 6.07) is 0.562. The van der Waals surface area contributed by atoms with Crippen molar-refractivity contribution in [2.75, 3.05) is 5.32 Å². The van der Waals surface area contributed by atoms with E-state index in [9.17, 15) is 22.0 Å². The highest BCUT2D eigenvalue weighted by molar-refractivity contribution is 7.87. The van der Waals surface area contributed by atoms with Crippen molar-refractivity contribution >= 4 is 45.0 Å². The van der Waals surface area contributed by atoms with E-state index in [1.54, 1.807) is 0 Å². The van der Waals surface area contributed by atoms with Crippen molar-refractivity contribution in [2.24, 2.45) is 0 Å². The summed E-state index contributed by atoms with van der Waals surface area (Å²) in [5.74, 6) is -2.37. The number of thiazole rings is 1. The Morgan fingerprint density at radius 3 is 2.48 bits per heavy atom. The van der Waals surface area contributed by atoms with Crippen molar-refractivity contribution in [1.82, 2.24) is 4.98 Å². The highest BCUT2D eigenvalue weighted by atomic mass is 35.5. The van der Waals surface area contributed by atoms with Gasteiger partial charge in [-0.05, 0) is 11.5 Å². The zero-order chi connectivity index (χ0) is 19.0. The lowest BCUT2D eigenvalue weighted by molar-refractivity contribution is 0.216. The van der Waals surface area contributed by atoms with Gasteiger partial charge in [-0.15, -0.1) is 11.3 Å². The lowest BCUT2D eigenvalue weighted by Gasteiger charge is -2.22. The Labute approximate surface area is 151 Å². The molecule has 136 valence electrons. The SMILES string of the molecule is CC(C)(C)c1c(F)c(Cl)cc(S(=O)(=O)OC(=O)Nc2cscn2)c1F. The quantitative estimate of drug-likeness (QED) is 0.602. The third-order valence-electron chi connectivity index (χ3n) is 2.99. The number of amides is 1. The third kappa shape index (κ3) is 4.25. The van der Waals surface area contributed by atoms with Gasteiger partial charge in [0.25, 0.3) is 0 Å². The first-order valence-corrected chi connectivity index (χ1v) is 9.48. The number of nitrogens with zero attached hydrogens (tertiary/aromatic N) is 1. The summed E-state index contributed by atoms with van der Waals surface area (Å²) >= 11 is 6.84. The van der Waals surface area contributed by atoms with Gasteiger partial charge < -0.3 is 4.18 Å². The van der Waals surface area contributed by atoms with Gasteiger partial charge in [0, 0.05) is 10.9 Å². The van der Waals surface area contributed by atoms with Crippen LogP contribution in [-0.2, 0) is 19.7 Å². The first-order valence-electron chi connectivity index (χ1n) is 6.75. The molecule has 0 saturated heterocycles. The molecule has 0 fully saturated rings. The maximum Gasteiger partial charge on any atom is 0.428 e. The van der Waals surface area contributed by atoms with Gasteiger partial charge in [-0.1, -0.05) is 32.4 Å². The van der Waals surface area contributed by atoms with E-state index in [1.807, 2.05) is 0 Å². The van der Waals surface area contributed by atoms with Crippen molar-refractivity contribution in [3.8, 4) is 0 Å². The predicted octanol–water partition coefficient (Wildman–Crippen LogP) is 4.31. The molecule has 0 radical (unpaired) electrons. The molecule has 1 heterocycles. The highest BCUT2D eigenvalue weighted by Crippen LogP contribution is 2.35. The predicted molar refractivity (Wildman–Crippen MR) is 89.5 cm³/mol. The highest BCUT2D eigenvalue weighted by Gasteiger charge is 2.33. The first kappa shape index (κ1) is 19.5. The first-order chi connectivity index (χ1) is 11.4. The number of anilines is 1. The number of carbonyl (C=O) groups excluding carboxylic acids is 1. The van der Waals surface area contributed by atoms with Crippen LogP contribution in [0.25, 0.3) is 0 Å². The second-order valence-electron chi connectivity index (χ2n) is 5.93. The van der Waals surface area contributed by atoms with Gasteiger partial charge in [-0.2, -0.15) is 8.42 Å². The van der Waals surface area contributed by atoms with Crippen molar-refractivity contribution < 1.29 is 26.2 Å². The van der Waals surface area contributed by atoms with Gasteiger partial charge in [0.15, 0.2) is 5.82 Å². The minimum absolute atomic E-state index is 0.0678. The van der Waals surface area contributed by atoms with Crippen LogP contribution in [0.15, 0.2) is 21.9 Å². The van der Waals surface area contributed by atoms with Gasteiger partial charge in [-0.3, -0.25) is 5.32 Å². The van der Waals surface area contributed by atoms with E-state index in [4.69, 9.17) is 11.6 Å². The number of aromatic nitrogens is 1. The molecule has 1 amide bonds. The molecule has 0 aliphatic carbocycles. The van der Waals surface area contributed by atoms with Crippen LogP contribution in [0, 0.1) is 11.6 Å². The van der Waals surface area contributed by atoms with E-state index in [0.717, 1.165) is 11.3 Å². The Kier molecular flexibility index (Phi) is 5.35. The third-order valence-corrected chi connectivity index (χ3v) is 5.06. The van der Waals surface area contributed by atoms with Crippen LogP contribution >= 0.6 is 22.9 Å². The molecule has 2 rings (SSSR count). The number of hydrogen-bond acceptors (Lipinski definition) is 6. The number of halogens is 3. The van der Waals surface area contributed by atoms with Crippen LogP contribution in [0.2, 0.25) is 5.02 Å². The van der Waals surface area contributed by atoms with E-state index in [0.29, 0.717) is 6.07 Å². The number of benzene rings is 1. The van der Waals surface area contributed by atoms with Gasteiger partial charge in [0.05, 0.1) is 10.5 Å². The normalized spacial score (nSPS) is 12.1. The van der Waals surface area contributed by atoms with E-state index in [2.05, 4.69) is 14.5 Å². The topological polar surface area (TPSA) is 85.4 Å². The standard InChI is InChI=1S/C14H13ClF2N2O4S2/c1-14(2,3)10-11(16)7(15)4-8(12(10)17)25(21,22)23-13(20)19-9-5-24-6-18-9/h4-6H,1-3H3,(H,19,20). The van der Waals surface area contributed by atoms with E-state index < -0.39 is 48.7 Å². The number of carbonyl (C=O) groups is 1. The van der Waals surface area contributed by atoms with E-state index in [1.165, 1.54) is 31.7 Å². The molecule has 11 heteroatoms. The van der Waals surface area contributed by atoms with Crippen LogP contribution in [0.3, 0.4) is 0 Å². The van der Waals surface area contributed by atoms with Crippen LogP contribution in [0.1, 0.15) is 26.3 Å². The molecule has 0 unspecified atom stereocenters. The Morgan fingerprint density at radius 1 is 1.32 bits per heavy atom. The molecule has 1 N–H and O–H groups in total. The summed E-state index contributed by atoms with van der Waals surface area (Å²) in [4.78, 5) is 14.4. The van der Waals surface area contributed by atoms with Gasteiger partial charge >= 0.3 is 16.2 Å². The fourth-order valence-corrected chi connectivity index (χ4v) is 3.63. The Bertz CT molecular complexity index is 910. The Hall–Kier alpha value is -1.78. The van der Waals surface area contributed by atoms with Crippen LogP contribution in [-0.4, -0.2) is 19.5 Å². The van der Waals surface area contributed by atoms with Crippen molar-refractivity contribution in [3.63, 3.8) is 0 Å². The summed E-state index contributed by atoms with van der Waals surface area (Å²) in [6.07, 6.45) is -1.39. The summed E-state index contributed by atoms with van der Waals surface area (Å²) in [7, 11) is -4.88. The second-order valence-corrected chi connectivity index (χ2v) is 8.57. The lowest BCUT2D eigenvalue weighted by Crippen LogP contribution is -2.23. The molecule has 2 aromatic rings. The largest absolute Gasteiger partial charge is 0.428 e. The summed E-state index contributed by atoms with van der Waals surface area (Å²) in [5.41, 5.74) is -0.201. The maximum absolute atomic E-state index is 14.6. The van der Waals surface area contributed by atoms with Gasteiger partial charge in [-0.25, -0.2) is 18.6 Å². The van der Waals surface area contributed by atoms with E-state index >= 15 is 0 Å². The zero-order valence-electron chi connectivity index (χ0n) is 13.3. The van der Waals surface area contributed by atoms with Crippen molar-refractivity contribution in [2.45, 2.75) is 31.1 Å². The number of rotatable bonds is 3. The molecule has 6 nitrogen and oxygen atoms in total. The monoisotopic (exact) mass is 410 g/mol. The Morgan fingerprint density at radius 2 is 1.96 bits per heavy atom. The summed E-state index contributed by atoms with van der Waals surface area (Å²) in [5, 5.41) is 2.90. The zero-order valence-corrected chi connectivity index (χ0v) is 15.7. The molecule has 1 aromatic heterocycles. The molecule has 0 aliphatic heterocycles. The minimum Gasteiger partial charge on any atom is -0.324 e. The lowest BCUT2D eigenvalue weighted by atomic mass is 9.86. The fourth-order valence-electron chi connectivity index (χ4n) is 1.97. The smallest absolute Gasteiger partial charge is 0.324 e. The maximum atomic E-state index is 14.6. The van der Waals surface area contributed by atoms with Gasteiger partial charge in [0.2, 0.25) is 0 Å². The molecule has 0 spiro atoms. The molecular formula is C14H13ClF2N2O4S2. The molecule has 0 saturated carbocycles. The number of hydrogen-bond donors (Lipinski definition) is 1. The van der Waals surface area contributed by atoms with Crippen LogP contribution < -0.4 is 5.32 Å². The molecule has 25 heavy (non-hydrogen) atoms. The van der Waals surface area contributed by atoms with Crippen LogP contribution in [0.4, 0.5) is 19.4 Å². The van der Waals surface area contributed by atoms with Crippen molar-refractivity contribution in [3.05, 3.63) is 39.2 Å². The Balaban J connectivity index is 2.42. The molecule has 0 aliphatic rings. The van der Waals surface area contributed by atoms with Gasteiger partial charge in [0.1, 0.15) is 16.5 Å². The van der Waals surface area contributed by atoms with Crippen LogP contribution in [0.5, 0.6) is 0 Å². The average molecular weight is 411 g/mol.